The molecule has 0 bridgehead atoms. The summed E-state index contributed by atoms with van der Waals surface area (Å²) in [6.45, 7) is 1.69. The van der Waals surface area contributed by atoms with Gasteiger partial charge in [-0.05, 0) is 55.8 Å². The topological polar surface area (TPSA) is 52.0 Å². The van der Waals surface area contributed by atoms with E-state index in [1.54, 1.807) is 24.4 Å². The maximum absolute atomic E-state index is 13.8. The lowest BCUT2D eigenvalue weighted by molar-refractivity contribution is 0.281. The van der Waals surface area contributed by atoms with Gasteiger partial charge in [-0.25, -0.2) is 9.37 Å². The van der Waals surface area contributed by atoms with Crippen LogP contribution >= 0.6 is 11.6 Å². The van der Waals surface area contributed by atoms with Gasteiger partial charge >= 0.3 is 0 Å². The highest BCUT2D eigenvalue weighted by molar-refractivity contribution is 6.30. The van der Waals surface area contributed by atoms with Crippen LogP contribution in [0.5, 0.6) is 0 Å². The van der Waals surface area contributed by atoms with Gasteiger partial charge in [-0.1, -0.05) is 17.7 Å². The molecule has 0 aliphatic carbocycles. The van der Waals surface area contributed by atoms with Gasteiger partial charge in [0, 0.05) is 18.8 Å². The van der Waals surface area contributed by atoms with Gasteiger partial charge in [0.25, 0.3) is 0 Å². The van der Waals surface area contributed by atoms with Crippen LogP contribution in [0.4, 0.5) is 10.2 Å². The molecule has 2 heterocycles. The van der Waals surface area contributed by atoms with Gasteiger partial charge in [-0.15, -0.1) is 0 Å². The van der Waals surface area contributed by atoms with Crippen LogP contribution in [-0.4, -0.2) is 30.0 Å². The van der Waals surface area contributed by atoms with Gasteiger partial charge in [0.2, 0.25) is 0 Å². The number of nitrogens with zero attached hydrogens (tertiary/aromatic N) is 3. The molecule has 2 atom stereocenters. The summed E-state index contributed by atoms with van der Waals surface area (Å²) >= 11 is 5.79. The van der Waals surface area contributed by atoms with E-state index in [1.165, 1.54) is 6.07 Å². The van der Waals surface area contributed by atoms with E-state index in [0.29, 0.717) is 11.5 Å². The Morgan fingerprint density at radius 3 is 2.92 bits per heavy atom. The number of hydrogen-bond acceptors (Lipinski definition) is 4. The van der Waals surface area contributed by atoms with Crippen molar-refractivity contribution in [2.75, 3.05) is 25.5 Å². The molecule has 24 heavy (non-hydrogen) atoms. The minimum atomic E-state index is -0.380. The lowest BCUT2D eigenvalue weighted by atomic mass is 9.93. The zero-order chi connectivity index (χ0) is 17.1. The predicted molar refractivity (Wildman–Crippen MR) is 92.3 cm³/mol. The maximum atomic E-state index is 13.8. The Morgan fingerprint density at radius 1 is 1.42 bits per heavy atom. The number of nitrogens with one attached hydrogen (secondary N) is 1. The summed E-state index contributed by atoms with van der Waals surface area (Å²) < 4.78 is 13.8. The summed E-state index contributed by atoms with van der Waals surface area (Å²) in [5.74, 6) is 0.701. The first kappa shape index (κ1) is 16.7. The third-order valence-corrected chi connectivity index (χ3v) is 4.80. The molecule has 0 radical (unpaired) electrons. The molecule has 1 aliphatic heterocycles. The highest BCUT2D eigenvalue weighted by atomic mass is 35.5. The Hall–Kier alpha value is -2.16. The van der Waals surface area contributed by atoms with E-state index >= 15 is 0 Å². The second-order valence-corrected chi connectivity index (χ2v) is 6.48. The molecule has 1 N–H and O–H groups in total. The summed E-state index contributed by atoms with van der Waals surface area (Å²) in [5, 5.41) is 12.3. The number of anilines is 1. The number of aromatic nitrogens is 1. The average Bonchev–Trinajstić information content (AvgIpc) is 2.96. The van der Waals surface area contributed by atoms with Crippen LogP contribution < -0.4 is 5.32 Å². The fourth-order valence-electron chi connectivity index (χ4n) is 3.26. The van der Waals surface area contributed by atoms with Crippen molar-refractivity contribution in [1.29, 1.82) is 5.26 Å². The van der Waals surface area contributed by atoms with E-state index in [9.17, 15) is 4.39 Å². The fourth-order valence-corrected chi connectivity index (χ4v) is 3.38. The number of rotatable bonds is 4. The molecule has 124 valence electrons. The monoisotopic (exact) mass is 344 g/mol. The third kappa shape index (κ3) is 3.50. The first-order valence-electron chi connectivity index (χ1n) is 7.83. The second-order valence-electron chi connectivity index (χ2n) is 6.07. The van der Waals surface area contributed by atoms with E-state index in [-0.39, 0.29) is 16.9 Å². The number of benzene rings is 1. The van der Waals surface area contributed by atoms with Gasteiger partial charge < -0.3 is 5.32 Å². The van der Waals surface area contributed by atoms with Gasteiger partial charge in [0.05, 0.1) is 10.6 Å². The van der Waals surface area contributed by atoms with Crippen molar-refractivity contribution in [1.82, 2.24) is 9.88 Å². The lowest BCUT2D eigenvalue weighted by Crippen LogP contribution is -2.25. The first-order valence-corrected chi connectivity index (χ1v) is 8.21. The maximum Gasteiger partial charge on any atom is 0.142 e. The molecule has 1 fully saturated rings. The van der Waals surface area contributed by atoms with Crippen LogP contribution in [0.25, 0.3) is 0 Å². The van der Waals surface area contributed by atoms with Crippen molar-refractivity contribution < 1.29 is 4.39 Å². The third-order valence-electron chi connectivity index (χ3n) is 4.50. The molecule has 1 saturated heterocycles. The van der Waals surface area contributed by atoms with Crippen LogP contribution in [0, 0.1) is 23.1 Å². The Balaban J connectivity index is 1.71. The molecular formula is C18H18ClFN4. The number of pyridine rings is 1. The highest BCUT2D eigenvalue weighted by Crippen LogP contribution is 2.37. The minimum absolute atomic E-state index is 0.141. The van der Waals surface area contributed by atoms with Crippen molar-refractivity contribution >= 4 is 17.4 Å². The molecule has 2 unspecified atom stereocenters. The molecule has 4 nitrogen and oxygen atoms in total. The Labute approximate surface area is 145 Å². The minimum Gasteiger partial charge on any atom is -0.370 e. The van der Waals surface area contributed by atoms with Crippen molar-refractivity contribution in [3.05, 3.63) is 58.5 Å². The predicted octanol–water partition coefficient (Wildman–Crippen LogP) is 3.85. The Bertz CT molecular complexity index is 757. The lowest BCUT2D eigenvalue weighted by Gasteiger charge is -2.26. The summed E-state index contributed by atoms with van der Waals surface area (Å²) in [7, 11) is 2.05. The van der Waals surface area contributed by atoms with E-state index in [2.05, 4.69) is 28.3 Å². The second kappa shape index (κ2) is 7.16. The van der Waals surface area contributed by atoms with Gasteiger partial charge in [-0.3, -0.25) is 4.90 Å². The molecular weight excluding hydrogens is 327 g/mol. The van der Waals surface area contributed by atoms with Crippen LogP contribution in [0.2, 0.25) is 5.02 Å². The summed E-state index contributed by atoms with van der Waals surface area (Å²) in [5.41, 5.74) is 1.48. The standard InChI is InChI=1S/C18H18ClFN4/c1-24-7-6-14(11-23-17-5-2-12(9-21)10-22-17)18(24)13-3-4-15(19)16(20)8-13/h2-5,8,10,14,18H,6-7,11H2,1H3,(H,22,23). The van der Waals surface area contributed by atoms with Crippen molar-refractivity contribution in [3.63, 3.8) is 0 Å². The normalized spacial score (nSPS) is 20.8. The summed E-state index contributed by atoms with van der Waals surface area (Å²) in [6.07, 6.45) is 2.57. The summed E-state index contributed by atoms with van der Waals surface area (Å²) in [6, 6.07) is 10.8. The van der Waals surface area contributed by atoms with Gasteiger partial charge in [0.15, 0.2) is 0 Å². The van der Waals surface area contributed by atoms with Crippen molar-refractivity contribution in [2.24, 2.45) is 5.92 Å². The zero-order valence-electron chi connectivity index (χ0n) is 13.3. The SMILES string of the molecule is CN1CCC(CNc2ccc(C#N)cn2)C1c1ccc(Cl)c(F)c1. The number of nitriles is 1. The molecule has 0 spiro atoms. The Morgan fingerprint density at radius 2 is 2.25 bits per heavy atom. The molecule has 3 rings (SSSR count). The highest BCUT2D eigenvalue weighted by Gasteiger charge is 2.33. The van der Waals surface area contributed by atoms with Gasteiger partial charge in [-0.2, -0.15) is 5.26 Å². The van der Waals surface area contributed by atoms with E-state index in [1.807, 2.05) is 6.07 Å². The van der Waals surface area contributed by atoms with Crippen LogP contribution in [0.15, 0.2) is 36.5 Å². The van der Waals surface area contributed by atoms with Gasteiger partial charge in [0.1, 0.15) is 17.7 Å². The van der Waals surface area contributed by atoms with Crippen molar-refractivity contribution in [3.8, 4) is 6.07 Å². The van der Waals surface area contributed by atoms with E-state index < -0.39 is 0 Å². The molecule has 0 saturated carbocycles. The van der Waals surface area contributed by atoms with Crippen LogP contribution in [0.3, 0.4) is 0 Å². The van der Waals surface area contributed by atoms with Crippen LogP contribution in [-0.2, 0) is 0 Å². The summed E-state index contributed by atoms with van der Waals surface area (Å²) in [4.78, 5) is 6.47. The Kier molecular flexibility index (Phi) is 4.98. The molecule has 2 aromatic rings. The van der Waals surface area contributed by atoms with Crippen LogP contribution in [0.1, 0.15) is 23.6 Å². The fraction of sp³-hybridized carbons (Fsp3) is 0.333. The smallest absolute Gasteiger partial charge is 0.142 e. The number of likely N-dealkylation sites (tertiary alicyclic amines) is 1. The quantitative estimate of drug-likeness (QED) is 0.915. The van der Waals surface area contributed by atoms with Crippen molar-refractivity contribution in [2.45, 2.75) is 12.5 Å². The number of halogens is 2. The first-order chi connectivity index (χ1) is 11.6. The van der Waals surface area contributed by atoms with E-state index in [0.717, 1.165) is 30.9 Å². The largest absolute Gasteiger partial charge is 0.370 e. The molecule has 1 aromatic carbocycles. The zero-order valence-corrected chi connectivity index (χ0v) is 14.1. The van der Waals surface area contributed by atoms with E-state index in [4.69, 9.17) is 16.9 Å². The molecule has 1 aliphatic rings. The molecule has 6 heteroatoms. The number of hydrogen-bond donors (Lipinski definition) is 1. The molecule has 1 aromatic heterocycles. The average molecular weight is 345 g/mol. The molecule has 0 amide bonds.